The molecule has 2 bridgehead atoms. The Labute approximate surface area is 255 Å². The van der Waals surface area contributed by atoms with Gasteiger partial charge in [0.2, 0.25) is 17.7 Å². The zero-order valence-electron chi connectivity index (χ0n) is 25.5. The van der Waals surface area contributed by atoms with Crippen LogP contribution in [-0.2, 0) is 57.9 Å². The van der Waals surface area contributed by atoms with Crippen LogP contribution >= 0.6 is 0 Å². The minimum atomic E-state index is -1.22. The van der Waals surface area contributed by atoms with Gasteiger partial charge in [0.1, 0.15) is 55.1 Å². The fourth-order valence-corrected chi connectivity index (χ4v) is 3.84. The molecule has 2 unspecified atom stereocenters. The molecular weight excluding hydrogens is 576 g/mol. The highest BCUT2D eigenvalue weighted by molar-refractivity contribution is 5.94. The molecule has 3 rings (SSSR count). The van der Waals surface area contributed by atoms with Crippen LogP contribution in [0.4, 0.5) is 4.79 Å². The third kappa shape index (κ3) is 11.3. The van der Waals surface area contributed by atoms with Crippen molar-refractivity contribution < 1.29 is 47.3 Å². The van der Waals surface area contributed by atoms with Crippen molar-refractivity contribution in [3.05, 3.63) is 59.5 Å². The molecule has 4 atom stereocenters. The largest absolute Gasteiger partial charge is 0.461 e. The van der Waals surface area contributed by atoms with Crippen molar-refractivity contribution >= 4 is 29.8 Å². The van der Waals surface area contributed by atoms with Crippen LogP contribution in [0.25, 0.3) is 0 Å². The summed E-state index contributed by atoms with van der Waals surface area (Å²) < 4.78 is 27.7. The summed E-state index contributed by atoms with van der Waals surface area (Å²) in [5.74, 6) is -1.99. The van der Waals surface area contributed by atoms with Crippen molar-refractivity contribution in [1.29, 1.82) is 0 Å². The maximum Gasteiger partial charge on any atom is 0.408 e. The number of amides is 4. The minimum absolute atomic E-state index is 0.0130. The van der Waals surface area contributed by atoms with E-state index in [0.29, 0.717) is 11.5 Å². The third-order valence-corrected chi connectivity index (χ3v) is 6.11. The molecule has 1 aliphatic rings. The van der Waals surface area contributed by atoms with Crippen LogP contribution in [-0.4, -0.2) is 72.8 Å². The van der Waals surface area contributed by atoms with Crippen LogP contribution in [0.1, 0.15) is 51.7 Å². The molecule has 4 N–H and O–H groups in total. The fourth-order valence-electron chi connectivity index (χ4n) is 3.84. The monoisotopic (exact) mass is 616 g/mol. The lowest BCUT2D eigenvalue weighted by atomic mass is 10.2. The Balaban J connectivity index is 1.74. The van der Waals surface area contributed by atoms with E-state index in [1.807, 2.05) is 6.07 Å². The van der Waals surface area contributed by atoms with Crippen LogP contribution in [0.2, 0.25) is 0 Å². The molecule has 44 heavy (non-hydrogen) atoms. The van der Waals surface area contributed by atoms with Gasteiger partial charge < -0.3 is 44.6 Å². The number of carbonyl (C=O) groups excluding carboxylic acids is 5. The molecular formula is C30H40N4O10. The Morgan fingerprint density at radius 3 is 2.02 bits per heavy atom. The maximum atomic E-state index is 13.1. The molecule has 0 spiro atoms. The van der Waals surface area contributed by atoms with Gasteiger partial charge >= 0.3 is 12.1 Å². The van der Waals surface area contributed by atoms with Gasteiger partial charge in [0, 0.05) is 0 Å². The van der Waals surface area contributed by atoms with Gasteiger partial charge in [-0.25, -0.2) is 9.59 Å². The number of hydrogen-bond acceptors (Lipinski definition) is 10. The highest BCUT2D eigenvalue weighted by Gasteiger charge is 2.30. The Hall–Kier alpha value is -4.43. The SMILES string of the molecule is C[C@@H]1NC(=O)[C@@H](C)NC(=O)C(NC(=O)OC(C)(C)C)COCc2ccc(o2)COCC(C(=O)OCc2ccccc2)NC1=O. The predicted octanol–water partition coefficient (Wildman–Crippen LogP) is 1.46. The number of hydrogen-bond donors (Lipinski definition) is 4. The summed E-state index contributed by atoms with van der Waals surface area (Å²) in [7, 11) is 0. The van der Waals surface area contributed by atoms with Crippen molar-refractivity contribution in [3.8, 4) is 0 Å². The summed E-state index contributed by atoms with van der Waals surface area (Å²) in [5, 5.41) is 10.0. The third-order valence-electron chi connectivity index (χ3n) is 6.11. The molecule has 2 aromatic rings. The van der Waals surface area contributed by atoms with E-state index >= 15 is 0 Å². The van der Waals surface area contributed by atoms with E-state index in [0.717, 1.165) is 5.56 Å². The van der Waals surface area contributed by atoms with Crippen LogP contribution in [0, 0.1) is 0 Å². The van der Waals surface area contributed by atoms with E-state index < -0.39 is 59.6 Å². The van der Waals surface area contributed by atoms with Crippen molar-refractivity contribution in [2.45, 2.75) is 84.2 Å². The van der Waals surface area contributed by atoms with E-state index in [4.69, 9.17) is 23.4 Å². The lowest BCUT2D eigenvalue weighted by Gasteiger charge is -2.25. The molecule has 0 aliphatic carbocycles. The number of alkyl carbamates (subject to hydrolysis) is 1. The van der Waals surface area contributed by atoms with Crippen molar-refractivity contribution in [1.82, 2.24) is 21.3 Å². The van der Waals surface area contributed by atoms with Gasteiger partial charge in [0.05, 0.1) is 13.2 Å². The van der Waals surface area contributed by atoms with Gasteiger partial charge in [-0.05, 0) is 52.3 Å². The molecule has 0 radical (unpaired) electrons. The van der Waals surface area contributed by atoms with Crippen molar-refractivity contribution in [2.24, 2.45) is 0 Å². The number of carbonyl (C=O) groups is 5. The van der Waals surface area contributed by atoms with E-state index in [2.05, 4.69) is 21.3 Å². The molecule has 0 saturated heterocycles. The minimum Gasteiger partial charge on any atom is -0.461 e. The topological polar surface area (TPSA) is 184 Å². The normalized spacial score (nSPS) is 22.6. The molecule has 1 aliphatic heterocycles. The van der Waals surface area contributed by atoms with Gasteiger partial charge in [-0.3, -0.25) is 14.4 Å². The van der Waals surface area contributed by atoms with Gasteiger partial charge in [0.25, 0.3) is 0 Å². The summed E-state index contributed by atoms with van der Waals surface area (Å²) >= 11 is 0. The van der Waals surface area contributed by atoms with E-state index in [-0.39, 0.29) is 33.0 Å². The molecule has 14 nitrogen and oxygen atoms in total. The van der Waals surface area contributed by atoms with Crippen LogP contribution in [0.15, 0.2) is 46.9 Å². The van der Waals surface area contributed by atoms with Gasteiger partial charge in [0.15, 0.2) is 6.04 Å². The number of ether oxygens (including phenoxy) is 4. The first kappa shape index (κ1) is 34.1. The van der Waals surface area contributed by atoms with Gasteiger partial charge in [-0.1, -0.05) is 30.3 Å². The summed E-state index contributed by atoms with van der Waals surface area (Å²) in [6.45, 7) is 7.25. The van der Waals surface area contributed by atoms with Crippen LogP contribution in [0.3, 0.4) is 0 Å². The molecule has 14 heteroatoms. The molecule has 1 aromatic carbocycles. The maximum absolute atomic E-state index is 13.1. The zero-order valence-corrected chi connectivity index (χ0v) is 25.5. The first-order valence-corrected chi connectivity index (χ1v) is 14.1. The predicted molar refractivity (Wildman–Crippen MR) is 155 cm³/mol. The van der Waals surface area contributed by atoms with Crippen LogP contribution < -0.4 is 21.3 Å². The standard InChI is InChI=1S/C30H40N4O10/c1-18-25(35)31-19(2)26(36)33-24(28(38)42-13-20-9-7-6-8-10-20)17-41-15-22-12-11-21(43-22)14-40-16-23(27(37)32-18)34-29(39)44-30(3,4)5/h6-12,18-19,23-24H,13-17H2,1-5H3,(H,31,35)(H,32,37)(H,33,36)(H,34,39)/t18-,19+,23?,24?/m1/s1. The summed E-state index contributed by atoms with van der Waals surface area (Å²) in [5.41, 5.74) is -0.0566. The second-order valence-electron chi connectivity index (χ2n) is 11.2. The number of furan rings is 1. The van der Waals surface area contributed by atoms with Crippen molar-refractivity contribution in [3.63, 3.8) is 0 Å². The Bertz CT molecular complexity index is 1290. The fraction of sp³-hybridized carbons (Fsp3) is 0.500. The average molecular weight is 617 g/mol. The molecule has 240 valence electrons. The highest BCUT2D eigenvalue weighted by atomic mass is 16.6. The Morgan fingerprint density at radius 1 is 0.841 bits per heavy atom. The summed E-state index contributed by atoms with van der Waals surface area (Å²) in [6, 6.07) is 7.72. The Kier molecular flexibility index (Phi) is 12.3. The lowest BCUT2D eigenvalue weighted by molar-refractivity contribution is -0.151. The first-order chi connectivity index (χ1) is 20.8. The average Bonchev–Trinajstić information content (AvgIpc) is 3.41. The molecule has 4 amide bonds. The molecule has 2 heterocycles. The second-order valence-corrected chi connectivity index (χ2v) is 11.2. The van der Waals surface area contributed by atoms with Gasteiger partial charge in [-0.2, -0.15) is 0 Å². The summed E-state index contributed by atoms with van der Waals surface area (Å²) in [6.07, 6.45) is -0.851. The molecule has 0 fully saturated rings. The number of fused-ring (bicyclic) bond motifs is 2. The van der Waals surface area contributed by atoms with E-state index in [1.54, 1.807) is 57.2 Å². The van der Waals surface area contributed by atoms with Crippen molar-refractivity contribution in [2.75, 3.05) is 13.2 Å². The van der Waals surface area contributed by atoms with Crippen LogP contribution in [0.5, 0.6) is 0 Å². The number of esters is 1. The lowest BCUT2D eigenvalue weighted by Crippen LogP contribution is -2.57. The summed E-state index contributed by atoms with van der Waals surface area (Å²) in [4.78, 5) is 64.2. The van der Waals surface area contributed by atoms with Gasteiger partial charge in [-0.15, -0.1) is 0 Å². The highest BCUT2D eigenvalue weighted by Crippen LogP contribution is 2.12. The molecule has 1 aromatic heterocycles. The molecule has 0 saturated carbocycles. The first-order valence-electron chi connectivity index (χ1n) is 14.1. The Morgan fingerprint density at radius 2 is 1.41 bits per heavy atom. The second kappa shape index (κ2) is 15.9. The number of benzene rings is 1. The smallest absolute Gasteiger partial charge is 0.408 e. The quantitative estimate of drug-likeness (QED) is 0.367. The zero-order chi connectivity index (χ0) is 32.3. The van der Waals surface area contributed by atoms with E-state index in [9.17, 15) is 24.0 Å². The van der Waals surface area contributed by atoms with E-state index in [1.165, 1.54) is 13.8 Å². The number of nitrogens with one attached hydrogen (secondary N) is 4. The number of rotatable bonds is 4.